The largest absolute Gasteiger partial charge is 0.492 e. The van der Waals surface area contributed by atoms with Crippen LogP contribution in [-0.4, -0.2) is 49.2 Å². The number of ether oxygens (including phenoxy) is 2. The number of nitrogens with zero attached hydrogens (tertiary/aromatic N) is 3. The van der Waals surface area contributed by atoms with E-state index < -0.39 is 5.82 Å². The van der Waals surface area contributed by atoms with Crippen LogP contribution in [0.1, 0.15) is 18.4 Å². The Morgan fingerprint density at radius 1 is 1.41 bits per heavy atom. The van der Waals surface area contributed by atoms with E-state index in [1.165, 1.54) is 18.2 Å². The Balaban J connectivity index is 1.87. The molecule has 144 valence electrons. The van der Waals surface area contributed by atoms with Gasteiger partial charge in [-0.1, -0.05) is 11.6 Å². The fraction of sp³-hybridized carbons (Fsp3) is 0.389. The van der Waals surface area contributed by atoms with Gasteiger partial charge in [0.2, 0.25) is 5.82 Å². The van der Waals surface area contributed by atoms with Gasteiger partial charge in [-0.3, -0.25) is 10.4 Å². The number of rotatable bonds is 5. The molecule has 0 unspecified atom stereocenters. The zero-order chi connectivity index (χ0) is 19.4. The van der Waals surface area contributed by atoms with E-state index in [0.717, 1.165) is 18.5 Å². The maximum atomic E-state index is 14.7. The maximum Gasteiger partial charge on any atom is 0.209 e. The molecule has 0 aromatic carbocycles. The molecule has 0 spiro atoms. The molecule has 9 heteroatoms. The van der Waals surface area contributed by atoms with Crippen molar-refractivity contribution in [1.29, 1.82) is 5.41 Å². The summed E-state index contributed by atoms with van der Waals surface area (Å²) in [5.41, 5.74) is 1.30. The summed E-state index contributed by atoms with van der Waals surface area (Å²) in [7, 11) is 2.89. The molecule has 0 amide bonds. The van der Waals surface area contributed by atoms with E-state index >= 15 is 0 Å². The maximum absolute atomic E-state index is 14.7. The van der Waals surface area contributed by atoms with E-state index in [1.54, 1.807) is 25.5 Å². The van der Waals surface area contributed by atoms with Crippen molar-refractivity contribution < 1.29 is 13.9 Å². The number of hydrogen-bond acceptors (Lipinski definition) is 6. The molecule has 2 N–H and O–H groups in total. The second-order valence-corrected chi connectivity index (χ2v) is 6.54. The number of anilines is 2. The second kappa shape index (κ2) is 8.49. The predicted molar refractivity (Wildman–Crippen MR) is 103 cm³/mol. The molecule has 2 aromatic rings. The molecule has 0 aliphatic carbocycles. The average Bonchev–Trinajstić information content (AvgIpc) is 2.69. The van der Waals surface area contributed by atoms with Crippen LogP contribution in [0.25, 0.3) is 0 Å². The highest BCUT2D eigenvalue weighted by molar-refractivity contribution is 6.32. The molecule has 2 aromatic heterocycles. The number of methoxy groups -OCH3 is 1. The Kier molecular flexibility index (Phi) is 6.08. The highest BCUT2D eigenvalue weighted by atomic mass is 35.5. The van der Waals surface area contributed by atoms with E-state index in [1.807, 2.05) is 0 Å². The Bertz CT molecular complexity index is 829. The summed E-state index contributed by atoms with van der Waals surface area (Å²) in [6, 6.07) is 2.06. The van der Waals surface area contributed by atoms with Gasteiger partial charge in [-0.2, -0.15) is 4.39 Å². The molecular weight excluding hydrogens is 373 g/mol. The Morgan fingerprint density at radius 3 is 2.85 bits per heavy atom. The van der Waals surface area contributed by atoms with Gasteiger partial charge in [0, 0.05) is 44.4 Å². The normalized spacial score (nSPS) is 14.7. The summed E-state index contributed by atoms with van der Waals surface area (Å²) in [5.74, 6) is -0.830. The predicted octanol–water partition coefficient (Wildman–Crippen LogP) is 3.33. The Hall–Kier alpha value is -2.45. The number of pyridine rings is 2. The van der Waals surface area contributed by atoms with Crippen LogP contribution in [0.2, 0.25) is 5.02 Å². The van der Waals surface area contributed by atoms with Crippen molar-refractivity contribution in [2.75, 3.05) is 37.6 Å². The third-order valence-electron chi connectivity index (χ3n) is 4.43. The van der Waals surface area contributed by atoms with Crippen molar-refractivity contribution in [3.8, 4) is 5.75 Å². The molecule has 3 heterocycles. The lowest BCUT2D eigenvalue weighted by Gasteiger charge is -2.27. The minimum atomic E-state index is -0.722. The van der Waals surface area contributed by atoms with Crippen molar-refractivity contribution in [3.63, 3.8) is 0 Å². The van der Waals surface area contributed by atoms with Gasteiger partial charge < -0.3 is 19.7 Å². The molecule has 1 fully saturated rings. The summed E-state index contributed by atoms with van der Waals surface area (Å²) in [6.07, 6.45) is 6.30. The molecule has 0 radical (unpaired) electrons. The first-order valence-corrected chi connectivity index (χ1v) is 8.89. The molecule has 0 bridgehead atoms. The molecule has 1 aliphatic rings. The summed E-state index contributed by atoms with van der Waals surface area (Å²) >= 11 is 5.91. The van der Waals surface area contributed by atoms with Gasteiger partial charge in [0.1, 0.15) is 10.9 Å². The van der Waals surface area contributed by atoms with Crippen LogP contribution in [0.5, 0.6) is 5.75 Å². The number of halogens is 2. The van der Waals surface area contributed by atoms with Crippen LogP contribution >= 0.6 is 11.6 Å². The van der Waals surface area contributed by atoms with Gasteiger partial charge >= 0.3 is 0 Å². The summed E-state index contributed by atoms with van der Waals surface area (Å²) in [5, 5.41) is 12.1. The van der Waals surface area contributed by atoms with E-state index in [2.05, 4.69) is 15.3 Å². The lowest BCUT2D eigenvalue weighted by molar-refractivity contribution is 0.0904. The van der Waals surface area contributed by atoms with Crippen LogP contribution in [0.4, 0.5) is 15.9 Å². The first-order valence-electron chi connectivity index (χ1n) is 8.51. The fourth-order valence-electron chi connectivity index (χ4n) is 2.92. The first-order chi connectivity index (χ1) is 13.0. The molecule has 1 saturated heterocycles. The molecule has 0 saturated carbocycles. The van der Waals surface area contributed by atoms with Crippen molar-refractivity contribution in [2.24, 2.45) is 0 Å². The molecule has 7 nitrogen and oxygen atoms in total. The lowest BCUT2D eigenvalue weighted by atomic mass is 10.1. The van der Waals surface area contributed by atoms with Gasteiger partial charge in [0.25, 0.3) is 0 Å². The lowest BCUT2D eigenvalue weighted by Crippen LogP contribution is -2.32. The zero-order valence-corrected chi connectivity index (χ0v) is 15.9. The number of nitrogens with one attached hydrogen (secondary N) is 2. The first kappa shape index (κ1) is 19.3. The zero-order valence-electron chi connectivity index (χ0n) is 15.1. The van der Waals surface area contributed by atoms with E-state index in [9.17, 15) is 4.39 Å². The second-order valence-electron chi connectivity index (χ2n) is 6.14. The SMILES string of the molecule is COc1c(Cl)cnc(N(C)C(=N)c2cnccc2NC2CCOCC2)c1F. The smallest absolute Gasteiger partial charge is 0.209 e. The Labute approximate surface area is 162 Å². The third kappa shape index (κ3) is 4.12. The standard InChI is InChI=1S/C18H21ClFN5O2/c1-25(18-15(20)16(26-2)13(19)10-23-18)17(21)12-9-22-6-3-14(12)24-11-4-7-27-8-5-11/h3,6,9-11,21H,4-5,7-8H2,1-2H3,(H,22,24). The van der Waals surface area contributed by atoms with Crippen molar-refractivity contribution in [1.82, 2.24) is 9.97 Å². The average molecular weight is 394 g/mol. The molecule has 0 atom stereocenters. The van der Waals surface area contributed by atoms with Gasteiger partial charge in [-0.05, 0) is 18.9 Å². The van der Waals surface area contributed by atoms with E-state index in [0.29, 0.717) is 18.8 Å². The van der Waals surface area contributed by atoms with E-state index in [4.69, 9.17) is 26.5 Å². The van der Waals surface area contributed by atoms with Gasteiger partial charge in [-0.15, -0.1) is 0 Å². The van der Waals surface area contributed by atoms with Crippen LogP contribution < -0.4 is 15.0 Å². The third-order valence-corrected chi connectivity index (χ3v) is 4.70. The highest BCUT2D eigenvalue weighted by Crippen LogP contribution is 2.32. The van der Waals surface area contributed by atoms with Crippen LogP contribution in [0.3, 0.4) is 0 Å². The molecular formula is C18H21ClFN5O2. The monoisotopic (exact) mass is 393 g/mol. The van der Waals surface area contributed by atoms with Crippen LogP contribution in [0, 0.1) is 11.2 Å². The summed E-state index contributed by atoms with van der Waals surface area (Å²) in [6.45, 7) is 1.41. The molecule has 27 heavy (non-hydrogen) atoms. The van der Waals surface area contributed by atoms with Crippen molar-refractivity contribution in [2.45, 2.75) is 18.9 Å². The van der Waals surface area contributed by atoms with Gasteiger partial charge in [0.05, 0.1) is 18.9 Å². The summed E-state index contributed by atoms with van der Waals surface area (Å²) in [4.78, 5) is 9.47. The summed E-state index contributed by atoms with van der Waals surface area (Å²) < 4.78 is 25.1. The van der Waals surface area contributed by atoms with Crippen LogP contribution in [0.15, 0.2) is 24.7 Å². The van der Waals surface area contributed by atoms with Crippen molar-refractivity contribution >= 4 is 28.9 Å². The molecule has 1 aliphatic heterocycles. The molecule has 3 rings (SSSR count). The van der Waals surface area contributed by atoms with E-state index in [-0.39, 0.29) is 28.5 Å². The number of hydrogen-bond donors (Lipinski definition) is 2. The number of amidine groups is 1. The van der Waals surface area contributed by atoms with Gasteiger partial charge in [-0.25, -0.2) is 4.98 Å². The quantitative estimate of drug-likeness (QED) is 0.599. The topological polar surface area (TPSA) is 83.4 Å². The van der Waals surface area contributed by atoms with Crippen molar-refractivity contribution in [3.05, 3.63) is 41.1 Å². The Morgan fingerprint density at radius 2 is 2.15 bits per heavy atom. The van der Waals surface area contributed by atoms with Gasteiger partial charge in [0.15, 0.2) is 11.6 Å². The highest BCUT2D eigenvalue weighted by Gasteiger charge is 2.23. The van der Waals surface area contributed by atoms with Crippen LogP contribution in [-0.2, 0) is 4.74 Å². The minimum Gasteiger partial charge on any atom is -0.492 e. The minimum absolute atomic E-state index is 0.0495. The number of aromatic nitrogens is 2. The fourth-order valence-corrected chi connectivity index (χ4v) is 3.13.